The van der Waals surface area contributed by atoms with Gasteiger partial charge < -0.3 is 29.9 Å². The Kier molecular flexibility index (Phi) is 8.76. The van der Waals surface area contributed by atoms with E-state index in [-0.39, 0.29) is 33.0 Å². The largest absolute Gasteiger partial charge is 0.464 e. The highest BCUT2D eigenvalue weighted by Crippen LogP contribution is 2.40. The Morgan fingerprint density at radius 3 is 2.85 bits per heavy atom. The molecule has 3 rings (SSSR count). The first-order chi connectivity index (χ1) is 16.3. The number of aliphatic hydroxyl groups excluding tert-OH is 2. The first-order valence-electron chi connectivity index (χ1n) is 11.1. The summed E-state index contributed by atoms with van der Waals surface area (Å²) in [6.07, 6.45) is -0.845. The van der Waals surface area contributed by atoms with Crippen molar-refractivity contribution in [3.05, 3.63) is 24.2 Å². The first kappa shape index (κ1) is 26.2. The van der Waals surface area contributed by atoms with E-state index >= 15 is 0 Å². The van der Waals surface area contributed by atoms with E-state index in [1.54, 1.807) is 19.1 Å². The van der Waals surface area contributed by atoms with Gasteiger partial charge in [0, 0.05) is 0 Å². The third-order valence-corrected chi connectivity index (χ3v) is 6.91. The van der Waals surface area contributed by atoms with Gasteiger partial charge in [0.05, 0.1) is 27.9 Å². The third kappa shape index (κ3) is 5.15. The number of nitrogens with two attached hydrogens (primary N) is 1. The number of esters is 1. The SMILES string of the molecule is CCC(CC)COC(=O)C(C)NPOC[C@H]1OC(C#N)(c2ccc3c(N)ncnn23)C(O)C1O. The highest BCUT2D eigenvalue weighted by molar-refractivity contribution is 7.29. The number of nitriles is 1. The molecular weight excluding hydrogens is 463 g/mol. The number of carbonyl (C=O) groups is 1. The molecule has 0 spiro atoms. The fourth-order valence-corrected chi connectivity index (χ4v) is 4.34. The average Bonchev–Trinajstić information content (AvgIpc) is 3.38. The van der Waals surface area contributed by atoms with Crippen molar-refractivity contribution in [1.29, 1.82) is 5.26 Å². The molecule has 6 atom stereocenters. The van der Waals surface area contributed by atoms with Gasteiger partial charge in [0.15, 0.2) is 5.82 Å². The molecule has 3 heterocycles. The van der Waals surface area contributed by atoms with E-state index in [0.29, 0.717) is 18.0 Å². The summed E-state index contributed by atoms with van der Waals surface area (Å²) in [5, 5.41) is 38.2. The molecule has 12 nitrogen and oxygen atoms in total. The maximum atomic E-state index is 12.1. The Morgan fingerprint density at radius 2 is 2.18 bits per heavy atom. The lowest BCUT2D eigenvalue weighted by Crippen LogP contribution is -2.41. The fourth-order valence-electron chi connectivity index (χ4n) is 3.71. The van der Waals surface area contributed by atoms with Crippen molar-refractivity contribution < 1.29 is 29.0 Å². The highest BCUT2D eigenvalue weighted by Gasteiger charge is 2.57. The lowest BCUT2D eigenvalue weighted by atomic mass is 9.92. The second-order valence-corrected chi connectivity index (χ2v) is 8.97. The lowest BCUT2D eigenvalue weighted by Gasteiger charge is -2.24. The van der Waals surface area contributed by atoms with Crippen LogP contribution < -0.4 is 10.8 Å². The second-order valence-electron chi connectivity index (χ2n) is 8.19. The summed E-state index contributed by atoms with van der Waals surface area (Å²) in [6, 6.07) is 4.54. The van der Waals surface area contributed by atoms with Crippen LogP contribution in [0.4, 0.5) is 5.82 Å². The van der Waals surface area contributed by atoms with Gasteiger partial charge in [-0.05, 0) is 25.0 Å². The fraction of sp³-hybridized carbons (Fsp3) is 0.619. The molecule has 34 heavy (non-hydrogen) atoms. The maximum Gasteiger partial charge on any atom is 0.323 e. The number of hydrogen-bond acceptors (Lipinski definition) is 11. The minimum Gasteiger partial charge on any atom is -0.464 e. The van der Waals surface area contributed by atoms with Crippen LogP contribution in [0.5, 0.6) is 0 Å². The molecule has 0 aliphatic carbocycles. The van der Waals surface area contributed by atoms with Gasteiger partial charge in [-0.1, -0.05) is 26.7 Å². The van der Waals surface area contributed by atoms with Gasteiger partial charge in [0.1, 0.15) is 42.3 Å². The molecule has 1 aliphatic heterocycles. The van der Waals surface area contributed by atoms with E-state index in [4.69, 9.17) is 19.7 Å². The number of nitrogens with one attached hydrogen (secondary N) is 1. The van der Waals surface area contributed by atoms with Crippen LogP contribution in [0.3, 0.4) is 0 Å². The van der Waals surface area contributed by atoms with Gasteiger partial charge in [-0.3, -0.25) is 9.88 Å². The summed E-state index contributed by atoms with van der Waals surface area (Å²) in [4.78, 5) is 16.0. The number of aliphatic hydroxyl groups is 2. The number of nitrogens with zero attached hydrogens (tertiary/aromatic N) is 4. The molecule has 13 heteroatoms. The molecule has 1 fully saturated rings. The minimum absolute atomic E-state index is 0.122. The summed E-state index contributed by atoms with van der Waals surface area (Å²) in [5.74, 6) is 0.158. The number of anilines is 1. The summed E-state index contributed by atoms with van der Waals surface area (Å²) in [6.45, 7) is 6.03. The van der Waals surface area contributed by atoms with E-state index in [1.807, 2.05) is 6.07 Å². The van der Waals surface area contributed by atoms with Crippen LogP contribution in [-0.4, -0.2) is 68.3 Å². The highest BCUT2D eigenvalue weighted by atomic mass is 31.1. The normalized spacial score (nSPS) is 25.9. The van der Waals surface area contributed by atoms with E-state index in [2.05, 4.69) is 29.0 Å². The number of nitrogen functional groups attached to an aromatic ring is 1. The zero-order chi connectivity index (χ0) is 24.9. The second kappa shape index (κ2) is 11.4. The van der Waals surface area contributed by atoms with Gasteiger partial charge in [0.25, 0.3) is 0 Å². The molecule has 0 amide bonds. The van der Waals surface area contributed by atoms with Gasteiger partial charge in [0.2, 0.25) is 5.60 Å². The third-order valence-electron chi connectivity index (χ3n) is 6.05. The number of rotatable bonds is 11. The Labute approximate surface area is 199 Å². The number of carbonyl (C=O) groups excluding carboxylic acids is 1. The van der Waals surface area contributed by atoms with E-state index in [1.165, 1.54) is 10.8 Å². The van der Waals surface area contributed by atoms with Crippen molar-refractivity contribution in [2.75, 3.05) is 18.9 Å². The van der Waals surface area contributed by atoms with E-state index < -0.39 is 30.0 Å². The molecule has 1 saturated heterocycles. The van der Waals surface area contributed by atoms with Crippen molar-refractivity contribution >= 4 is 26.3 Å². The molecule has 2 aromatic heterocycles. The van der Waals surface area contributed by atoms with Crippen molar-refractivity contribution in [2.24, 2.45) is 5.92 Å². The summed E-state index contributed by atoms with van der Waals surface area (Å²) in [5.41, 5.74) is 4.61. The van der Waals surface area contributed by atoms with Gasteiger partial charge >= 0.3 is 5.97 Å². The number of fused-ring (bicyclic) bond motifs is 1. The van der Waals surface area contributed by atoms with Crippen LogP contribution in [-0.2, 0) is 24.4 Å². The van der Waals surface area contributed by atoms with Gasteiger partial charge in [-0.15, -0.1) is 0 Å². The maximum absolute atomic E-state index is 12.1. The Balaban J connectivity index is 1.57. The molecule has 2 aromatic rings. The van der Waals surface area contributed by atoms with Gasteiger partial charge in [-0.2, -0.15) is 10.4 Å². The summed E-state index contributed by atoms with van der Waals surface area (Å²) >= 11 is 0. The molecule has 186 valence electrons. The molecule has 0 aromatic carbocycles. The van der Waals surface area contributed by atoms with Gasteiger partial charge in [-0.25, -0.2) is 9.50 Å². The van der Waals surface area contributed by atoms with E-state index in [9.17, 15) is 20.3 Å². The number of hydrogen-bond donors (Lipinski definition) is 4. The minimum atomic E-state index is -1.89. The quantitative estimate of drug-likeness (QED) is 0.196. The van der Waals surface area contributed by atoms with Crippen LogP contribution in [0.25, 0.3) is 5.52 Å². The van der Waals surface area contributed by atoms with E-state index in [0.717, 1.165) is 12.8 Å². The topological polar surface area (TPSA) is 177 Å². The zero-order valence-corrected chi connectivity index (χ0v) is 20.3. The zero-order valence-electron chi connectivity index (χ0n) is 19.3. The Hall–Kier alpha value is -2.39. The van der Waals surface area contributed by atoms with Crippen LogP contribution >= 0.6 is 8.96 Å². The molecule has 0 radical (unpaired) electrons. The molecule has 5 unspecified atom stereocenters. The summed E-state index contributed by atoms with van der Waals surface area (Å²) < 4.78 is 18.1. The lowest BCUT2D eigenvalue weighted by molar-refractivity contribution is -0.146. The predicted molar refractivity (Wildman–Crippen MR) is 123 cm³/mol. The van der Waals surface area contributed by atoms with Crippen LogP contribution in [0, 0.1) is 17.2 Å². The van der Waals surface area contributed by atoms with Crippen LogP contribution in [0.2, 0.25) is 0 Å². The molecular formula is C21H31N6O6P. The van der Waals surface area contributed by atoms with Crippen molar-refractivity contribution in [3.8, 4) is 6.07 Å². The predicted octanol–water partition coefficient (Wildman–Crippen LogP) is 0.634. The van der Waals surface area contributed by atoms with Crippen molar-refractivity contribution in [1.82, 2.24) is 19.7 Å². The molecule has 0 saturated carbocycles. The molecule has 0 bridgehead atoms. The average molecular weight is 494 g/mol. The molecule has 5 N–H and O–H groups in total. The monoisotopic (exact) mass is 494 g/mol. The Bertz CT molecular complexity index is 1030. The number of aromatic nitrogens is 3. The Morgan fingerprint density at radius 1 is 1.44 bits per heavy atom. The van der Waals surface area contributed by atoms with Crippen LogP contribution in [0.1, 0.15) is 39.3 Å². The van der Waals surface area contributed by atoms with Crippen molar-refractivity contribution in [2.45, 2.75) is 63.6 Å². The smallest absolute Gasteiger partial charge is 0.323 e. The standard InChI is InChI=1S/C21H31N6O6P/c1-4-13(5-2)8-31-20(30)12(3)26-34-32-9-15-17(28)18(29)21(10-22,33-15)16-7-6-14-19(23)24-11-25-27(14)16/h6-7,11-13,15,17-18,26,28-29,34H,4-5,8-9H2,1-3H3,(H2,23,24,25)/t12?,15-,17?,18?,21?/m1/s1. The molecule has 1 aliphatic rings. The number of ether oxygens (including phenoxy) is 2. The van der Waals surface area contributed by atoms with Crippen LogP contribution in [0.15, 0.2) is 18.5 Å². The first-order valence-corrected chi connectivity index (χ1v) is 12.0. The summed E-state index contributed by atoms with van der Waals surface area (Å²) in [7, 11) is -0.297. The van der Waals surface area contributed by atoms with Crippen molar-refractivity contribution in [3.63, 3.8) is 0 Å².